The van der Waals surface area contributed by atoms with E-state index in [1.54, 1.807) is 37.0 Å². The molecule has 51 heavy (non-hydrogen) atoms. The molecule has 0 saturated carbocycles. The number of nitrogens with one attached hydrogen (secondary N) is 4. The summed E-state index contributed by atoms with van der Waals surface area (Å²) >= 11 is 3.06. The molecule has 6 N–H and O–H groups in total. The quantitative estimate of drug-likeness (QED) is 0.0733. The van der Waals surface area contributed by atoms with Crippen molar-refractivity contribution in [1.82, 2.24) is 15.6 Å². The third-order valence-corrected chi connectivity index (χ3v) is 9.03. The number of nitrogens with two attached hydrogens (primary N) is 1. The van der Waals surface area contributed by atoms with Crippen LogP contribution in [0.5, 0.6) is 0 Å². The molecule has 1 aliphatic rings. The van der Waals surface area contributed by atoms with Crippen LogP contribution in [0.3, 0.4) is 0 Å². The maximum absolute atomic E-state index is 13.5. The van der Waals surface area contributed by atoms with Crippen molar-refractivity contribution in [3.05, 3.63) is 107 Å². The van der Waals surface area contributed by atoms with E-state index in [0.717, 1.165) is 22.4 Å². The first-order chi connectivity index (χ1) is 24.4. The number of alkyl carbamates (subject to hydrolysis) is 1. The number of ether oxygens (including phenoxy) is 1. The molecule has 1 aromatic heterocycles. The number of benzene rings is 3. The topological polar surface area (TPSA) is 175 Å². The number of benzodiazepines with no additional fused rings is 1. The Morgan fingerprint density at radius 1 is 1.04 bits per heavy atom. The number of rotatable bonds is 11. The van der Waals surface area contributed by atoms with E-state index in [1.807, 2.05) is 86.8 Å². The zero-order chi connectivity index (χ0) is 36.4. The van der Waals surface area contributed by atoms with E-state index >= 15 is 0 Å². The van der Waals surface area contributed by atoms with Gasteiger partial charge in [0.25, 0.3) is 5.91 Å². The molecule has 3 aromatic carbocycles. The highest BCUT2D eigenvalue weighted by Crippen LogP contribution is 2.27. The molecule has 1 atom stereocenters. The predicted octanol–water partition coefficient (Wildman–Crippen LogP) is 5.79. The number of carbonyl (C=O) groups is 3. The molecule has 1 aliphatic heterocycles. The smallest absolute Gasteiger partial charge is 0.407 e. The lowest BCUT2D eigenvalue weighted by molar-refractivity contribution is -0.119. The monoisotopic (exact) mass is 727 g/mol. The number of thiazole rings is 1. The summed E-state index contributed by atoms with van der Waals surface area (Å²) in [7, 11) is 1.67. The fraction of sp³-hybridized carbons (Fsp3) is 0.278. The van der Waals surface area contributed by atoms with Crippen LogP contribution in [0.15, 0.2) is 94.2 Å². The number of guanidine groups is 1. The molecule has 15 heteroatoms. The van der Waals surface area contributed by atoms with Crippen LogP contribution >= 0.6 is 23.1 Å². The average molecular weight is 728 g/mol. The first-order valence-electron chi connectivity index (χ1n) is 16.2. The van der Waals surface area contributed by atoms with Crippen LogP contribution in [-0.4, -0.2) is 65.8 Å². The van der Waals surface area contributed by atoms with Gasteiger partial charge in [-0.2, -0.15) is 11.8 Å². The molecule has 4 amide bonds. The molecular formula is C36H41N9O4S2. The summed E-state index contributed by atoms with van der Waals surface area (Å²) in [4.78, 5) is 53.6. The second-order valence-electron chi connectivity index (χ2n) is 12.4. The molecule has 266 valence electrons. The second kappa shape index (κ2) is 17.0. The molecule has 0 spiro atoms. The molecule has 0 fully saturated rings. The number of para-hydroxylation sites is 1. The van der Waals surface area contributed by atoms with Crippen LogP contribution in [-0.2, 0) is 21.8 Å². The van der Waals surface area contributed by atoms with Crippen molar-refractivity contribution in [3.63, 3.8) is 0 Å². The van der Waals surface area contributed by atoms with Crippen molar-refractivity contribution in [1.29, 1.82) is 0 Å². The van der Waals surface area contributed by atoms with E-state index in [4.69, 9.17) is 15.5 Å². The maximum atomic E-state index is 13.5. The number of aromatic nitrogens is 1. The van der Waals surface area contributed by atoms with Crippen molar-refractivity contribution in [3.8, 4) is 0 Å². The summed E-state index contributed by atoms with van der Waals surface area (Å²) in [6.45, 7) is 6.22. The minimum Gasteiger partial charge on any atom is -0.444 e. The Morgan fingerprint density at radius 2 is 1.80 bits per heavy atom. The molecule has 0 saturated heterocycles. The number of amides is 4. The Hall–Kier alpha value is -5.41. The second-order valence-corrected chi connectivity index (χ2v) is 14.4. The normalized spacial score (nSPS) is 14.5. The van der Waals surface area contributed by atoms with E-state index in [9.17, 15) is 14.4 Å². The third kappa shape index (κ3) is 10.8. The van der Waals surface area contributed by atoms with Gasteiger partial charge in [0.2, 0.25) is 6.17 Å². The molecule has 5 rings (SSSR count). The van der Waals surface area contributed by atoms with Gasteiger partial charge in [0.1, 0.15) is 5.60 Å². The van der Waals surface area contributed by atoms with E-state index in [1.165, 1.54) is 16.2 Å². The van der Waals surface area contributed by atoms with Crippen molar-refractivity contribution in [2.45, 2.75) is 44.8 Å². The largest absolute Gasteiger partial charge is 0.444 e. The third-order valence-electron chi connectivity index (χ3n) is 7.23. The summed E-state index contributed by atoms with van der Waals surface area (Å²) in [5.74, 6) is 1.23. The summed E-state index contributed by atoms with van der Waals surface area (Å²) in [5, 5.41) is 13.9. The molecule has 0 aliphatic carbocycles. The number of likely N-dealkylation sites (N-methyl/N-ethyl adjacent to an activating group) is 1. The van der Waals surface area contributed by atoms with Gasteiger partial charge in [-0.3, -0.25) is 4.79 Å². The Morgan fingerprint density at radius 3 is 2.59 bits per heavy atom. The Labute approximate surface area is 305 Å². The number of hydrogen-bond donors (Lipinski definition) is 5. The predicted molar refractivity (Wildman–Crippen MR) is 206 cm³/mol. The molecule has 4 aromatic rings. The summed E-state index contributed by atoms with van der Waals surface area (Å²) in [6, 6.07) is 23.7. The number of thioether (sulfide) groups is 1. The molecule has 2 heterocycles. The molecule has 0 radical (unpaired) electrons. The fourth-order valence-electron chi connectivity index (χ4n) is 4.95. The molecule has 13 nitrogen and oxygen atoms in total. The number of urea groups is 1. The average Bonchev–Trinajstić information content (AvgIpc) is 3.51. The van der Waals surface area contributed by atoms with Gasteiger partial charge in [-0.1, -0.05) is 60.7 Å². The van der Waals surface area contributed by atoms with Crippen LogP contribution in [0.1, 0.15) is 43.2 Å². The molecule has 0 unspecified atom stereocenters. The maximum Gasteiger partial charge on any atom is 0.407 e. The van der Waals surface area contributed by atoms with Gasteiger partial charge in [-0.05, 0) is 44.5 Å². The van der Waals surface area contributed by atoms with Gasteiger partial charge in [0.05, 0.1) is 23.6 Å². The van der Waals surface area contributed by atoms with Gasteiger partial charge < -0.3 is 36.6 Å². The van der Waals surface area contributed by atoms with Crippen LogP contribution in [0.25, 0.3) is 0 Å². The number of nitrogens with zero attached hydrogens (tertiary/aromatic N) is 4. The van der Waals surface area contributed by atoms with Gasteiger partial charge in [-0.25, -0.2) is 24.6 Å². The van der Waals surface area contributed by atoms with Gasteiger partial charge in [-0.15, -0.1) is 11.3 Å². The van der Waals surface area contributed by atoms with Crippen molar-refractivity contribution in [2.24, 2.45) is 15.7 Å². The standard InChI is InChI=1S/C36H41N9O4S2/c1-36(2,3)49-35(48)38-17-18-50-21-26-22-51-34(41-26)44-32(37)39-20-23-11-10-14-25(19-23)40-33(47)43-30-31(46)45(4)28-16-9-8-15-27(28)29(42-30)24-12-6-5-7-13-24/h5-16,19,22,30H,17-18,20-21H2,1-4H3,(H,38,48)(H2,40,43,47)(H3,37,39,41,44)/t30-/m0/s1. The number of fused-ring (bicyclic) bond motifs is 1. The van der Waals surface area contributed by atoms with Crippen LogP contribution < -0.4 is 31.9 Å². The lowest BCUT2D eigenvalue weighted by atomic mass is 10.0. The van der Waals surface area contributed by atoms with Crippen LogP contribution in [0.4, 0.5) is 26.1 Å². The number of aliphatic imine (C=N–C) groups is 2. The lowest BCUT2D eigenvalue weighted by Gasteiger charge is -2.21. The summed E-state index contributed by atoms with van der Waals surface area (Å²) < 4.78 is 5.23. The zero-order valence-corrected chi connectivity index (χ0v) is 30.4. The Kier molecular flexibility index (Phi) is 12.3. The van der Waals surface area contributed by atoms with Crippen molar-refractivity contribution in [2.75, 3.05) is 34.9 Å². The number of hydrogen-bond acceptors (Lipinski definition) is 9. The van der Waals surface area contributed by atoms with E-state index in [0.29, 0.717) is 40.3 Å². The Bertz CT molecular complexity index is 1910. The summed E-state index contributed by atoms with van der Waals surface area (Å²) in [5.41, 5.74) is 10.8. The molecule has 0 bridgehead atoms. The minimum atomic E-state index is -1.15. The van der Waals surface area contributed by atoms with Crippen molar-refractivity contribution < 1.29 is 19.1 Å². The first kappa shape index (κ1) is 36.9. The fourth-order valence-corrected chi connectivity index (χ4v) is 6.52. The van der Waals surface area contributed by atoms with Gasteiger partial charge in [0.15, 0.2) is 11.1 Å². The SMILES string of the molecule is CN1C(=O)[C@H](NC(=O)Nc2cccc(CN=C(N)Nc3nc(CSCCNC(=O)OC(C)(C)C)cs3)c2)N=C(c2ccccc2)c2ccccc21. The van der Waals surface area contributed by atoms with E-state index in [2.05, 4.69) is 31.2 Å². The highest BCUT2D eigenvalue weighted by molar-refractivity contribution is 7.98. The minimum absolute atomic E-state index is 0.199. The lowest BCUT2D eigenvalue weighted by Crippen LogP contribution is -2.47. The van der Waals surface area contributed by atoms with Crippen LogP contribution in [0.2, 0.25) is 0 Å². The number of anilines is 3. The highest BCUT2D eigenvalue weighted by atomic mass is 32.2. The molecular weight excluding hydrogens is 687 g/mol. The van der Waals surface area contributed by atoms with E-state index in [-0.39, 0.29) is 18.4 Å². The van der Waals surface area contributed by atoms with Gasteiger partial charge >= 0.3 is 12.1 Å². The van der Waals surface area contributed by atoms with Crippen LogP contribution in [0, 0.1) is 0 Å². The Balaban J connectivity index is 1.13. The zero-order valence-electron chi connectivity index (χ0n) is 28.8. The van der Waals surface area contributed by atoms with Gasteiger partial charge in [0, 0.05) is 47.3 Å². The first-order valence-corrected chi connectivity index (χ1v) is 18.2. The number of carbonyl (C=O) groups excluding carboxylic acids is 3. The van der Waals surface area contributed by atoms with E-state index < -0.39 is 23.9 Å². The summed E-state index contributed by atoms with van der Waals surface area (Å²) in [6.07, 6.45) is -1.58. The highest BCUT2D eigenvalue weighted by Gasteiger charge is 2.31. The van der Waals surface area contributed by atoms with Crippen molar-refractivity contribution >= 4 is 69.3 Å².